The number of hydrogen-bond acceptors (Lipinski definition) is 4. The fraction of sp³-hybridized carbons (Fsp3) is 0. The van der Waals surface area contributed by atoms with Crippen LogP contribution in [-0.2, 0) is 0 Å². The van der Waals surface area contributed by atoms with E-state index >= 15 is 0 Å². The largest absolute Gasteiger partial charge is 0.490 e. The first kappa shape index (κ1) is 9.39. The molecule has 0 amide bonds. The van der Waals surface area contributed by atoms with Crippen LogP contribution in [0.4, 0.5) is 0 Å². The van der Waals surface area contributed by atoms with Crippen molar-refractivity contribution >= 4 is 23.9 Å². The molecular formula is C9H8BNO2S. The van der Waals surface area contributed by atoms with Crippen LogP contribution < -0.4 is 5.46 Å². The van der Waals surface area contributed by atoms with Gasteiger partial charge in [0.25, 0.3) is 0 Å². The van der Waals surface area contributed by atoms with Crippen molar-refractivity contribution in [3.05, 3.63) is 35.8 Å². The summed E-state index contributed by atoms with van der Waals surface area (Å²) in [6.07, 6.45) is 1.64. The lowest BCUT2D eigenvalue weighted by Crippen LogP contribution is -2.31. The van der Waals surface area contributed by atoms with Gasteiger partial charge in [-0.25, -0.2) is 0 Å². The highest BCUT2D eigenvalue weighted by Gasteiger charge is 2.17. The van der Waals surface area contributed by atoms with Crippen molar-refractivity contribution in [1.29, 1.82) is 0 Å². The Labute approximate surface area is 85.8 Å². The summed E-state index contributed by atoms with van der Waals surface area (Å²) in [4.78, 5) is 5.07. The summed E-state index contributed by atoms with van der Waals surface area (Å²) in [5, 5.41) is 20.2. The van der Waals surface area contributed by atoms with Gasteiger partial charge in [-0.15, -0.1) is 11.3 Å². The molecule has 0 aliphatic rings. The van der Waals surface area contributed by atoms with Gasteiger partial charge in [-0.05, 0) is 17.5 Å². The summed E-state index contributed by atoms with van der Waals surface area (Å²) < 4.78 is 0. The Morgan fingerprint density at radius 3 is 2.71 bits per heavy atom. The lowest BCUT2D eigenvalue weighted by Gasteiger charge is -2.04. The molecule has 0 bridgehead atoms. The molecule has 70 valence electrons. The zero-order chi connectivity index (χ0) is 9.97. The Kier molecular flexibility index (Phi) is 2.63. The third-order valence-electron chi connectivity index (χ3n) is 1.87. The van der Waals surface area contributed by atoms with E-state index in [2.05, 4.69) is 4.98 Å². The van der Waals surface area contributed by atoms with Crippen molar-refractivity contribution in [2.45, 2.75) is 0 Å². The second-order valence-corrected chi connectivity index (χ2v) is 3.74. The quantitative estimate of drug-likeness (QED) is 0.701. The van der Waals surface area contributed by atoms with Crippen LogP contribution in [0.5, 0.6) is 0 Å². The van der Waals surface area contributed by atoms with E-state index in [-0.39, 0.29) is 0 Å². The van der Waals surface area contributed by atoms with Crippen LogP contribution in [0.2, 0.25) is 0 Å². The fourth-order valence-corrected chi connectivity index (χ4v) is 1.99. The van der Waals surface area contributed by atoms with Gasteiger partial charge in [-0.2, -0.15) is 0 Å². The van der Waals surface area contributed by atoms with Crippen LogP contribution in [0.3, 0.4) is 0 Å². The number of rotatable bonds is 2. The summed E-state index contributed by atoms with van der Waals surface area (Å²) >= 11 is 1.52. The van der Waals surface area contributed by atoms with E-state index in [4.69, 9.17) is 10.0 Å². The van der Waals surface area contributed by atoms with E-state index < -0.39 is 7.12 Å². The Bertz CT molecular complexity index is 417. The maximum Gasteiger partial charge on any atom is 0.490 e. The Morgan fingerprint density at radius 2 is 2.07 bits per heavy atom. The van der Waals surface area contributed by atoms with Crippen LogP contribution in [0.1, 0.15) is 0 Å². The number of nitrogens with zero attached hydrogens (tertiary/aromatic N) is 1. The molecular weight excluding hydrogens is 197 g/mol. The molecule has 0 aliphatic heterocycles. The van der Waals surface area contributed by atoms with Crippen LogP contribution in [0.25, 0.3) is 10.6 Å². The highest BCUT2D eigenvalue weighted by molar-refractivity contribution is 7.13. The third kappa shape index (κ3) is 1.70. The summed E-state index contributed by atoms with van der Waals surface area (Å²) in [5.74, 6) is 0. The van der Waals surface area contributed by atoms with E-state index in [1.54, 1.807) is 18.3 Å². The first-order valence-corrected chi connectivity index (χ1v) is 5.02. The fourth-order valence-electron chi connectivity index (χ4n) is 1.25. The number of thiophene rings is 1. The summed E-state index contributed by atoms with van der Waals surface area (Å²) in [6, 6.07) is 7.15. The first-order chi connectivity index (χ1) is 6.79. The van der Waals surface area contributed by atoms with Gasteiger partial charge in [0.1, 0.15) is 0 Å². The van der Waals surface area contributed by atoms with Gasteiger partial charge in [0, 0.05) is 11.7 Å². The second-order valence-electron chi connectivity index (χ2n) is 2.79. The number of aromatic nitrogens is 1. The SMILES string of the molecule is OB(O)c1cccnc1-c1cccs1. The zero-order valence-electron chi connectivity index (χ0n) is 7.29. The molecule has 0 aliphatic carbocycles. The van der Waals surface area contributed by atoms with Gasteiger partial charge < -0.3 is 10.0 Å². The minimum atomic E-state index is -1.47. The molecule has 0 unspecified atom stereocenters. The molecule has 0 aromatic carbocycles. The van der Waals surface area contributed by atoms with Gasteiger partial charge in [0.2, 0.25) is 0 Å². The summed E-state index contributed by atoms with van der Waals surface area (Å²) in [5.41, 5.74) is 1.08. The average molecular weight is 205 g/mol. The van der Waals surface area contributed by atoms with Crippen molar-refractivity contribution in [3.63, 3.8) is 0 Å². The van der Waals surface area contributed by atoms with E-state index in [0.717, 1.165) is 4.88 Å². The highest BCUT2D eigenvalue weighted by atomic mass is 32.1. The van der Waals surface area contributed by atoms with Crippen LogP contribution in [0, 0.1) is 0 Å². The molecule has 2 N–H and O–H groups in total. The van der Waals surface area contributed by atoms with Crippen LogP contribution in [0.15, 0.2) is 35.8 Å². The predicted molar refractivity (Wildman–Crippen MR) is 57.4 cm³/mol. The van der Waals surface area contributed by atoms with Gasteiger partial charge in [0.15, 0.2) is 0 Å². The summed E-state index contributed by atoms with van der Waals surface area (Å²) in [6.45, 7) is 0. The lowest BCUT2D eigenvalue weighted by atomic mass is 9.79. The average Bonchev–Trinajstić information content (AvgIpc) is 2.70. The van der Waals surface area contributed by atoms with E-state index in [1.807, 2.05) is 17.5 Å². The first-order valence-electron chi connectivity index (χ1n) is 4.14. The van der Waals surface area contributed by atoms with Crippen molar-refractivity contribution in [3.8, 4) is 10.6 Å². The number of hydrogen-bond donors (Lipinski definition) is 2. The molecule has 3 nitrogen and oxygen atoms in total. The molecule has 2 rings (SSSR count). The zero-order valence-corrected chi connectivity index (χ0v) is 8.11. The van der Waals surface area contributed by atoms with Gasteiger partial charge in [0.05, 0.1) is 10.6 Å². The molecule has 0 radical (unpaired) electrons. The molecule has 14 heavy (non-hydrogen) atoms. The smallest absolute Gasteiger partial charge is 0.423 e. The van der Waals surface area contributed by atoms with Crippen molar-refractivity contribution in [2.75, 3.05) is 0 Å². The van der Waals surface area contributed by atoms with E-state index in [1.165, 1.54) is 11.3 Å². The van der Waals surface area contributed by atoms with Crippen LogP contribution in [-0.4, -0.2) is 22.2 Å². The molecule has 5 heteroatoms. The standard InChI is InChI=1S/C9H8BNO2S/c12-10(13)7-3-1-5-11-9(7)8-4-2-6-14-8/h1-6,12-13H. The molecule has 0 fully saturated rings. The minimum absolute atomic E-state index is 0.440. The maximum absolute atomic E-state index is 9.12. The predicted octanol–water partition coefficient (Wildman–Crippen LogP) is 0.490. The molecule has 2 heterocycles. The topological polar surface area (TPSA) is 53.4 Å². The van der Waals surface area contributed by atoms with Crippen molar-refractivity contribution < 1.29 is 10.0 Å². The summed E-state index contributed by atoms with van der Waals surface area (Å²) in [7, 11) is -1.47. The van der Waals surface area contributed by atoms with Crippen molar-refractivity contribution in [1.82, 2.24) is 4.98 Å². The third-order valence-corrected chi connectivity index (χ3v) is 2.75. The lowest BCUT2D eigenvalue weighted by molar-refractivity contribution is 0.426. The Morgan fingerprint density at radius 1 is 1.21 bits per heavy atom. The second kappa shape index (κ2) is 3.92. The van der Waals surface area contributed by atoms with Crippen molar-refractivity contribution in [2.24, 2.45) is 0 Å². The van der Waals surface area contributed by atoms with Gasteiger partial charge >= 0.3 is 7.12 Å². The van der Waals surface area contributed by atoms with Crippen LogP contribution >= 0.6 is 11.3 Å². The Hall–Kier alpha value is -1.17. The number of pyridine rings is 1. The molecule has 0 saturated heterocycles. The molecule has 0 spiro atoms. The Balaban J connectivity index is 2.53. The normalized spacial score (nSPS) is 10.1. The highest BCUT2D eigenvalue weighted by Crippen LogP contribution is 2.20. The van der Waals surface area contributed by atoms with Gasteiger partial charge in [-0.3, -0.25) is 4.98 Å². The van der Waals surface area contributed by atoms with Gasteiger partial charge in [-0.1, -0.05) is 12.1 Å². The molecule has 0 atom stereocenters. The monoisotopic (exact) mass is 205 g/mol. The van der Waals surface area contributed by atoms with E-state index in [0.29, 0.717) is 11.2 Å². The maximum atomic E-state index is 9.12. The molecule has 2 aromatic rings. The van der Waals surface area contributed by atoms with E-state index in [9.17, 15) is 0 Å². The molecule has 0 saturated carbocycles. The molecule has 2 aromatic heterocycles. The minimum Gasteiger partial charge on any atom is -0.423 e.